The Kier molecular flexibility index (Phi) is 12.2. The largest absolute Gasteiger partial charge is 0.492 e. The van der Waals surface area contributed by atoms with E-state index in [1.807, 2.05) is 76.2 Å². The van der Waals surface area contributed by atoms with Crippen LogP contribution in [0.15, 0.2) is 53.5 Å². The van der Waals surface area contributed by atoms with Crippen LogP contribution in [0.4, 0.5) is 0 Å². The molecule has 11 nitrogen and oxygen atoms in total. The molecule has 1 heterocycles. The molecule has 0 unspecified atom stereocenters. The molecule has 2 aromatic carbocycles. The second-order valence-electron chi connectivity index (χ2n) is 11.3. The van der Waals surface area contributed by atoms with Crippen molar-refractivity contribution in [2.75, 3.05) is 26.2 Å². The molecular formula is C31H45N7O4. The number of benzene rings is 2. The number of nitrogens with zero attached hydrogens (tertiary/aromatic N) is 1. The fraction of sp³-hybridized carbons (Fsp3) is 0.484. The number of aryl methyl sites for hydroxylation is 1. The lowest BCUT2D eigenvalue weighted by molar-refractivity contribution is -0.133. The maximum absolute atomic E-state index is 13.6. The molecule has 0 spiro atoms. The number of carbonyl (C=O) groups excluding carboxylic acids is 3. The fourth-order valence-corrected chi connectivity index (χ4v) is 4.83. The number of rotatable bonds is 5. The molecule has 1 aliphatic heterocycles. The SMILES string of the molecule is Cc1cccc(C[C@H]2NCCOc3ccccc3C[C@H](C)CNC(=O)[C@H](CN=C(N)N)NC(=O)[C@@H](C(C)C)NC2=O)c1. The maximum atomic E-state index is 13.6. The maximum Gasteiger partial charge on any atom is 0.244 e. The quantitative estimate of drug-likeness (QED) is 0.224. The number of nitrogens with one attached hydrogen (secondary N) is 4. The van der Waals surface area contributed by atoms with Crippen LogP contribution in [0.25, 0.3) is 0 Å². The molecule has 42 heavy (non-hydrogen) atoms. The van der Waals surface area contributed by atoms with E-state index in [0.717, 1.165) is 22.4 Å². The Labute approximate surface area is 248 Å². The highest BCUT2D eigenvalue weighted by molar-refractivity contribution is 5.93. The van der Waals surface area contributed by atoms with Crippen LogP contribution in [0, 0.1) is 18.8 Å². The average molecular weight is 580 g/mol. The van der Waals surface area contributed by atoms with Crippen molar-refractivity contribution in [3.05, 3.63) is 65.2 Å². The summed E-state index contributed by atoms with van der Waals surface area (Å²) in [5, 5.41) is 11.9. The van der Waals surface area contributed by atoms with Crippen LogP contribution in [-0.2, 0) is 27.2 Å². The summed E-state index contributed by atoms with van der Waals surface area (Å²) < 4.78 is 6.12. The molecule has 3 amide bonds. The molecule has 0 saturated heterocycles. The third-order valence-electron chi connectivity index (χ3n) is 7.09. The molecule has 4 atom stereocenters. The molecular weight excluding hydrogens is 534 g/mol. The molecule has 11 heteroatoms. The van der Waals surface area contributed by atoms with Crippen LogP contribution >= 0.6 is 0 Å². The van der Waals surface area contributed by atoms with E-state index in [1.54, 1.807) is 0 Å². The summed E-state index contributed by atoms with van der Waals surface area (Å²) in [5.41, 5.74) is 14.1. The van der Waals surface area contributed by atoms with Crippen molar-refractivity contribution in [1.82, 2.24) is 21.3 Å². The minimum atomic E-state index is -1.03. The normalized spacial score (nSPS) is 22.8. The molecule has 228 valence electrons. The zero-order chi connectivity index (χ0) is 30.6. The van der Waals surface area contributed by atoms with Gasteiger partial charge in [-0.25, -0.2) is 0 Å². The van der Waals surface area contributed by atoms with Gasteiger partial charge in [0.2, 0.25) is 17.7 Å². The first kappa shape index (κ1) is 32.4. The van der Waals surface area contributed by atoms with Gasteiger partial charge in [-0.2, -0.15) is 0 Å². The van der Waals surface area contributed by atoms with Gasteiger partial charge in [0.15, 0.2) is 5.96 Å². The number of guanidine groups is 1. The van der Waals surface area contributed by atoms with Gasteiger partial charge in [-0.05, 0) is 48.8 Å². The molecule has 2 aromatic rings. The van der Waals surface area contributed by atoms with E-state index in [1.165, 1.54) is 0 Å². The molecule has 0 aromatic heterocycles. The first-order valence-electron chi connectivity index (χ1n) is 14.5. The predicted octanol–water partition coefficient (Wildman–Crippen LogP) is 0.782. The van der Waals surface area contributed by atoms with Crippen LogP contribution in [0.5, 0.6) is 5.75 Å². The molecule has 0 radical (unpaired) electrons. The van der Waals surface area contributed by atoms with Crippen LogP contribution in [-0.4, -0.2) is 68.0 Å². The average Bonchev–Trinajstić information content (AvgIpc) is 2.94. The minimum Gasteiger partial charge on any atom is -0.492 e. The summed E-state index contributed by atoms with van der Waals surface area (Å²) in [5.74, 6) is -0.853. The Balaban J connectivity index is 1.91. The Hall–Kier alpha value is -4.12. The van der Waals surface area contributed by atoms with E-state index in [-0.39, 0.29) is 30.2 Å². The number of nitrogens with two attached hydrogens (primary N) is 2. The number of fused-ring (bicyclic) bond motifs is 1. The fourth-order valence-electron chi connectivity index (χ4n) is 4.83. The summed E-state index contributed by atoms with van der Waals surface area (Å²) in [6.07, 6.45) is 1.09. The summed E-state index contributed by atoms with van der Waals surface area (Å²) in [6, 6.07) is 13.2. The first-order chi connectivity index (χ1) is 20.0. The highest BCUT2D eigenvalue weighted by Gasteiger charge is 2.31. The summed E-state index contributed by atoms with van der Waals surface area (Å²) in [4.78, 5) is 44.2. The van der Waals surface area contributed by atoms with Gasteiger partial charge in [0, 0.05) is 13.1 Å². The van der Waals surface area contributed by atoms with E-state index in [2.05, 4.69) is 26.3 Å². The van der Waals surface area contributed by atoms with Crippen LogP contribution in [0.2, 0.25) is 0 Å². The number of aliphatic imine (C=N–C) groups is 1. The van der Waals surface area contributed by atoms with Crippen molar-refractivity contribution < 1.29 is 19.1 Å². The second kappa shape index (κ2) is 15.8. The molecule has 1 aliphatic rings. The zero-order valence-electron chi connectivity index (χ0n) is 25.0. The number of carbonyl (C=O) groups is 3. The topological polar surface area (TPSA) is 173 Å². The summed E-state index contributed by atoms with van der Waals surface area (Å²) >= 11 is 0. The summed E-state index contributed by atoms with van der Waals surface area (Å²) in [6.45, 7) is 8.69. The van der Waals surface area contributed by atoms with Crippen LogP contribution < -0.4 is 37.5 Å². The number of para-hydroxylation sites is 1. The Morgan fingerprint density at radius 1 is 1.00 bits per heavy atom. The van der Waals surface area contributed by atoms with E-state index < -0.39 is 29.9 Å². The lowest BCUT2D eigenvalue weighted by Crippen LogP contribution is -2.59. The van der Waals surface area contributed by atoms with Gasteiger partial charge in [0.1, 0.15) is 24.4 Å². The first-order valence-corrected chi connectivity index (χ1v) is 14.5. The van der Waals surface area contributed by atoms with E-state index in [9.17, 15) is 14.4 Å². The Bertz CT molecular complexity index is 1250. The van der Waals surface area contributed by atoms with Crippen molar-refractivity contribution in [2.24, 2.45) is 28.3 Å². The highest BCUT2D eigenvalue weighted by atomic mass is 16.5. The molecule has 0 aliphatic carbocycles. The van der Waals surface area contributed by atoms with Crippen molar-refractivity contribution >= 4 is 23.7 Å². The third kappa shape index (κ3) is 10.1. The molecule has 8 N–H and O–H groups in total. The van der Waals surface area contributed by atoms with Crippen molar-refractivity contribution in [1.29, 1.82) is 0 Å². The van der Waals surface area contributed by atoms with Crippen LogP contribution in [0.3, 0.4) is 0 Å². The third-order valence-corrected chi connectivity index (χ3v) is 7.09. The van der Waals surface area contributed by atoms with E-state index in [4.69, 9.17) is 16.2 Å². The lowest BCUT2D eigenvalue weighted by atomic mass is 9.99. The Morgan fingerprint density at radius 2 is 1.76 bits per heavy atom. The lowest BCUT2D eigenvalue weighted by Gasteiger charge is -2.27. The van der Waals surface area contributed by atoms with E-state index >= 15 is 0 Å². The number of hydrogen-bond acceptors (Lipinski definition) is 6. The molecule has 0 bridgehead atoms. The van der Waals surface area contributed by atoms with Crippen molar-refractivity contribution in [2.45, 2.75) is 58.7 Å². The van der Waals surface area contributed by atoms with Crippen molar-refractivity contribution in [3.8, 4) is 5.75 Å². The monoisotopic (exact) mass is 579 g/mol. The van der Waals surface area contributed by atoms with Gasteiger partial charge >= 0.3 is 0 Å². The molecule has 0 saturated carbocycles. The smallest absolute Gasteiger partial charge is 0.244 e. The van der Waals surface area contributed by atoms with E-state index in [0.29, 0.717) is 32.5 Å². The van der Waals surface area contributed by atoms with Crippen LogP contribution in [0.1, 0.15) is 37.5 Å². The molecule has 3 rings (SSSR count). The standard InChI is InChI=1S/C31H45N7O4/c1-19(2)27-30(41)37-25(18-36-31(32)33)28(39)35-17-21(4)15-23-10-5-6-11-26(23)42-13-12-34-24(29(40)38-27)16-22-9-7-8-20(3)14-22/h5-11,14,19,21,24-25,27,34H,12-13,15-18H2,1-4H3,(H,35,39)(H,37,41)(H,38,40)(H4,32,33,36)/t21-,24+,25-,27+/m0/s1. The number of amides is 3. The predicted molar refractivity (Wildman–Crippen MR) is 164 cm³/mol. The second-order valence-corrected chi connectivity index (χ2v) is 11.3. The molecule has 0 fully saturated rings. The van der Waals surface area contributed by atoms with Crippen molar-refractivity contribution in [3.63, 3.8) is 0 Å². The summed E-state index contributed by atoms with van der Waals surface area (Å²) in [7, 11) is 0. The zero-order valence-corrected chi connectivity index (χ0v) is 25.0. The van der Waals surface area contributed by atoms with Gasteiger partial charge in [-0.1, -0.05) is 68.8 Å². The van der Waals surface area contributed by atoms with Gasteiger partial charge in [0.05, 0.1) is 12.6 Å². The Morgan fingerprint density at radius 3 is 2.48 bits per heavy atom. The van der Waals surface area contributed by atoms with Gasteiger partial charge in [-0.15, -0.1) is 0 Å². The number of hydrogen-bond donors (Lipinski definition) is 6. The van der Waals surface area contributed by atoms with Gasteiger partial charge < -0.3 is 37.5 Å². The van der Waals surface area contributed by atoms with Gasteiger partial charge in [0.25, 0.3) is 0 Å². The number of ether oxygens (including phenoxy) is 1. The minimum absolute atomic E-state index is 0.0801. The highest BCUT2D eigenvalue weighted by Crippen LogP contribution is 2.21. The van der Waals surface area contributed by atoms with Gasteiger partial charge in [-0.3, -0.25) is 19.4 Å².